The molecule has 222 valence electrons. The van der Waals surface area contributed by atoms with Gasteiger partial charge in [-0.05, 0) is 55.7 Å². The summed E-state index contributed by atoms with van der Waals surface area (Å²) in [7, 11) is -4.20. The molecule has 2 aromatic carbocycles. The van der Waals surface area contributed by atoms with Gasteiger partial charge in [0.2, 0.25) is 10.0 Å². The fraction of sp³-hybridized carbons (Fsp3) is 0.440. The quantitative estimate of drug-likeness (QED) is 0.403. The molecular weight excluding hydrogens is 581 g/mol. The lowest BCUT2D eigenvalue weighted by Crippen LogP contribution is -2.50. The van der Waals surface area contributed by atoms with Gasteiger partial charge in [-0.2, -0.15) is 17.5 Å². The number of rotatable bonds is 7. The molecule has 15 heteroatoms. The summed E-state index contributed by atoms with van der Waals surface area (Å²) >= 11 is 5.93. The molecule has 1 aliphatic rings. The summed E-state index contributed by atoms with van der Waals surface area (Å²) in [5, 5.41) is 25.0. The number of nitrogens with zero attached hydrogens (tertiary/aromatic N) is 2. The minimum Gasteiger partial charge on any atom is -0.490 e. The van der Waals surface area contributed by atoms with E-state index < -0.39 is 44.7 Å². The minimum absolute atomic E-state index is 0.0680. The first-order valence-corrected chi connectivity index (χ1v) is 13.7. The van der Waals surface area contributed by atoms with Gasteiger partial charge in [0.1, 0.15) is 23.4 Å². The summed E-state index contributed by atoms with van der Waals surface area (Å²) in [6.07, 6.45) is -5.47. The van der Waals surface area contributed by atoms with Crippen LogP contribution in [0.15, 0.2) is 35.2 Å². The molecule has 0 aliphatic carbocycles. The monoisotopic (exact) mass is 610 g/mol. The second-order valence-electron chi connectivity index (χ2n) is 9.08. The molecule has 0 bridgehead atoms. The van der Waals surface area contributed by atoms with Gasteiger partial charge >= 0.3 is 18.1 Å². The van der Waals surface area contributed by atoms with Crippen LogP contribution in [0.3, 0.4) is 0 Å². The molecule has 0 aromatic heterocycles. The maximum absolute atomic E-state index is 13.0. The fourth-order valence-electron chi connectivity index (χ4n) is 3.85. The van der Waals surface area contributed by atoms with Crippen LogP contribution < -0.4 is 4.74 Å². The summed E-state index contributed by atoms with van der Waals surface area (Å²) in [6, 6.07) is 6.23. The lowest BCUT2D eigenvalue weighted by atomic mass is 10.1. The Morgan fingerprint density at radius 1 is 1.00 bits per heavy atom. The lowest BCUT2D eigenvalue weighted by Gasteiger charge is -2.35. The Balaban J connectivity index is 0.000000840. The van der Waals surface area contributed by atoms with Gasteiger partial charge in [-0.1, -0.05) is 23.7 Å². The second-order valence-corrected chi connectivity index (χ2v) is 11.4. The summed E-state index contributed by atoms with van der Waals surface area (Å²) in [5.41, 5.74) is 2.01. The fourth-order valence-corrected chi connectivity index (χ4v) is 5.77. The number of β-amino-alcohol motifs (C(OH)–C–C–N with tert-alkyl or cyclic N) is 1. The van der Waals surface area contributed by atoms with Crippen LogP contribution in [-0.4, -0.2) is 90.3 Å². The number of carbonyl (C=O) groups is 2. The predicted octanol–water partition coefficient (Wildman–Crippen LogP) is 3.19. The number of aliphatic carboxylic acids is 2. The molecule has 0 radical (unpaired) electrons. The van der Waals surface area contributed by atoms with Gasteiger partial charge in [-0.15, -0.1) is 0 Å². The molecule has 1 fully saturated rings. The van der Waals surface area contributed by atoms with Gasteiger partial charge < -0.3 is 20.1 Å². The van der Waals surface area contributed by atoms with E-state index in [0.29, 0.717) is 19.2 Å². The molecule has 1 atom stereocenters. The van der Waals surface area contributed by atoms with Crippen LogP contribution in [0, 0.1) is 20.8 Å². The third-order valence-corrected chi connectivity index (χ3v) is 8.53. The van der Waals surface area contributed by atoms with Crippen LogP contribution in [0.4, 0.5) is 13.2 Å². The van der Waals surface area contributed by atoms with Gasteiger partial charge in [-0.3, -0.25) is 4.90 Å². The molecule has 1 unspecified atom stereocenters. The van der Waals surface area contributed by atoms with Crippen molar-refractivity contribution in [1.82, 2.24) is 9.21 Å². The molecule has 1 saturated heterocycles. The van der Waals surface area contributed by atoms with E-state index in [0.717, 1.165) is 38.9 Å². The van der Waals surface area contributed by atoms with Crippen molar-refractivity contribution in [2.24, 2.45) is 0 Å². The number of aliphatic hydroxyl groups is 1. The lowest BCUT2D eigenvalue weighted by molar-refractivity contribution is -0.159. The molecular formula is C25H30ClF3N2O8S. The number of piperazine rings is 1. The van der Waals surface area contributed by atoms with Crippen LogP contribution in [0.25, 0.3) is 0 Å². The number of aryl methyl sites for hydroxylation is 2. The van der Waals surface area contributed by atoms with E-state index in [2.05, 4.69) is 0 Å². The SMILES string of the molecule is Cc1ccc(C)c(OCC(O)CN2CCN(S(=O)(=O)c3cc(C(F)(F)F)ccc3Cl)CC2)c1C.O=C(O)C(=O)O. The molecule has 0 spiro atoms. The van der Waals surface area contributed by atoms with Crippen molar-refractivity contribution < 1.29 is 51.2 Å². The van der Waals surface area contributed by atoms with Crippen molar-refractivity contribution in [1.29, 1.82) is 0 Å². The first-order chi connectivity index (χ1) is 18.4. The van der Waals surface area contributed by atoms with Gasteiger partial charge in [0.15, 0.2) is 0 Å². The molecule has 1 heterocycles. The maximum Gasteiger partial charge on any atom is 0.416 e. The van der Waals surface area contributed by atoms with Crippen LogP contribution in [0.2, 0.25) is 5.02 Å². The molecule has 10 nitrogen and oxygen atoms in total. The predicted molar refractivity (Wildman–Crippen MR) is 139 cm³/mol. The number of carboxylic acid groups (broad SMARTS) is 2. The van der Waals surface area contributed by atoms with E-state index in [1.165, 1.54) is 0 Å². The number of aliphatic hydroxyl groups excluding tert-OH is 1. The normalized spacial score (nSPS) is 15.6. The Bertz CT molecular complexity index is 1320. The number of sulfonamides is 1. The van der Waals surface area contributed by atoms with E-state index in [4.69, 9.17) is 36.1 Å². The van der Waals surface area contributed by atoms with E-state index in [1.54, 1.807) is 0 Å². The standard InChI is InChI=1S/C23H28ClF3N2O4S.C2H2O4/c1-15-4-5-16(2)22(17(15)3)33-14-19(30)13-28-8-10-29(11-9-28)34(31,32)21-12-18(23(25,26)27)6-7-20(21)24;3-1(4)2(5)6/h4-7,12,19,30H,8-11,13-14H2,1-3H3;(H,3,4)(H,5,6). The zero-order valence-electron chi connectivity index (χ0n) is 21.9. The zero-order valence-corrected chi connectivity index (χ0v) is 23.5. The maximum atomic E-state index is 13.0. The van der Waals surface area contributed by atoms with Crippen molar-refractivity contribution in [3.63, 3.8) is 0 Å². The number of carboxylic acids is 2. The van der Waals surface area contributed by atoms with Crippen molar-refractivity contribution in [2.75, 3.05) is 39.3 Å². The summed E-state index contributed by atoms with van der Waals surface area (Å²) in [6.45, 7) is 7.01. The van der Waals surface area contributed by atoms with E-state index in [1.807, 2.05) is 37.8 Å². The Labute approximate surface area is 234 Å². The Kier molecular flexibility index (Phi) is 11.3. The molecule has 2 aromatic rings. The third kappa shape index (κ3) is 8.80. The number of benzene rings is 2. The molecule has 40 heavy (non-hydrogen) atoms. The summed E-state index contributed by atoms with van der Waals surface area (Å²) in [5.74, 6) is -2.90. The van der Waals surface area contributed by atoms with Crippen molar-refractivity contribution >= 4 is 33.6 Å². The van der Waals surface area contributed by atoms with Crippen LogP contribution >= 0.6 is 11.6 Å². The van der Waals surface area contributed by atoms with E-state index in [-0.39, 0.29) is 31.3 Å². The van der Waals surface area contributed by atoms with Crippen molar-refractivity contribution in [3.8, 4) is 5.75 Å². The Hall–Kier alpha value is -2.91. The molecule has 3 N–H and O–H groups in total. The summed E-state index contributed by atoms with van der Waals surface area (Å²) in [4.78, 5) is 19.5. The Morgan fingerprint density at radius 2 is 1.55 bits per heavy atom. The van der Waals surface area contributed by atoms with Crippen molar-refractivity contribution in [3.05, 3.63) is 57.6 Å². The minimum atomic E-state index is -4.68. The highest BCUT2D eigenvalue weighted by Gasteiger charge is 2.35. The van der Waals surface area contributed by atoms with Gasteiger partial charge in [0.05, 0.1) is 10.6 Å². The largest absolute Gasteiger partial charge is 0.490 e. The zero-order chi connectivity index (χ0) is 30.4. The van der Waals surface area contributed by atoms with Gasteiger partial charge in [-0.25, -0.2) is 18.0 Å². The first-order valence-electron chi connectivity index (χ1n) is 11.9. The van der Waals surface area contributed by atoms with Crippen LogP contribution in [-0.2, 0) is 25.8 Å². The highest BCUT2D eigenvalue weighted by atomic mass is 35.5. The average molecular weight is 611 g/mol. The molecule has 1 aliphatic heterocycles. The number of ether oxygens (including phenoxy) is 1. The highest BCUT2D eigenvalue weighted by Crippen LogP contribution is 2.34. The van der Waals surface area contributed by atoms with Crippen LogP contribution in [0.1, 0.15) is 22.3 Å². The topological polar surface area (TPSA) is 145 Å². The highest BCUT2D eigenvalue weighted by molar-refractivity contribution is 7.89. The first kappa shape index (κ1) is 33.3. The van der Waals surface area contributed by atoms with Crippen molar-refractivity contribution in [2.45, 2.75) is 37.9 Å². The van der Waals surface area contributed by atoms with E-state index >= 15 is 0 Å². The number of halogens is 4. The van der Waals surface area contributed by atoms with Gasteiger partial charge in [0, 0.05) is 32.7 Å². The number of hydrogen-bond acceptors (Lipinski definition) is 7. The number of hydrogen-bond donors (Lipinski definition) is 3. The smallest absolute Gasteiger partial charge is 0.416 e. The molecule has 0 saturated carbocycles. The summed E-state index contributed by atoms with van der Waals surface area (Å²) < 4.78 is 72.0. The molecule has 0 amide bonds. The third-order valence-electron chi connectivity index (χ3n) is 6.15. The average Bonchev–Trinajstić information content (AvgIpc) is 2.86. The Morgan fingerprint density at radius 3 is 2.08 bits per heavy atom. The van der Waals surface area contributed by atoms with Gasteiger partial charge in [0.25, 0.3) is 0 Å². The van der Waals surface area contributed by atoms with Crippen LogP contribution in [0.5, 0.6) is 5.75 Å². The number of alkyl halides is 3. The second kappa shape index (κ2) is 13.6. The molecule has 3 rings (SSSR count). The van der Waals surface area contributed by atoms with E-state index in [9.17, 15) is 26.7 Å².